The second kappa shape index (κ2) is 12.0. The lowest BCUT2D eigenvalue weighted by atomic mass is 9.93. The van der Waals surface area contributed by atoms with Crippen molar-refractivity contribution < 1.29 is 28.2 Å². The molecule has 1 amide bonds. The van der Waals surface area contributed by atoms with Crippen molar-refractivity contribution in [1.82, 2.24) is 15.0 Å². The highest BCUT2D eigenvalue weighted by Crippen LogP contribution is 2.30. The number of nitrogens with one attached hydrogen (secondary N) is 3. The number of sulfonamides is 1. The van der Waals surface area contributed by atoms with Crippen LogP contribution in [-0.2, 0) is 14.8 Å². The van der Waals surface area contributed by atoms with Crippen molar-refractivity contribution >= 4 is 21.7 Å². The maximum Gasteiger partial charge on any atom is 0.222 e. The standard InChI is InChI=1S/C24H35N3O6S/c1-5-6-10-13-34(32,33)27-18(17-11-8-7-9-12-17)14-19(28)25-21(15(2)3)22(29)20-16(4)23(30)26-24(20)31/h7-9,11-12,15,18,21,26-27,30-31H,5-6,10,13-14H2,1-4H3,(H,25,28)/t18-,21-/m0/s1. The molecular weight excluding hydrogens is 458 g/mol. The first-order valence-electron chi connectivity index (χ1n) is 11.5. The summed E-state index contributed by atoms with van der Waals surface area (Å²) in [6.07, 6.45) is 1.99. The summed E-state index contributed by atoms with van der Waals surface area (Å²) in [7, 11) is -3.62. The number of hydrogen-bond donors (Lipinski definition) is 5. The van der Waals surface area contributed by atoms with Crippen LogP contribution in [0.5, 0.6) is 11.8 Å². The third kappa shape index (κ3) is 7.33. The molecule has 188 valence electrons. The van der Waals surface area contributed by atoms with Crippen LogP contribution in [0.15, 0.2) is 30.3 Å². The lowest BCUT2D eigenvalue weighted by Gasteiger charge is -2.24. The molecule has 0 saturated heterocycles. The molecule has 0 spiro atoms. The molecule has 0 fully saturated rings. The first-order chi connectivity index (χ1) is 16.0. The van der Waals surface area contributed by atoms with Crippen molar-refractivity contribution in [2.45, 2.75) is 65.5 Å². The Bertz CT molecular complexity index is 1080. The lowest BCUT2D eigenvalue weighted by Crippen LogP contribution is -2.45. The Labute approximate surface area is 201 Å². The van der Waals surface area contributed by atoms with Gasteiger partial charge in [0.05, 0.1) is 23.4 Å². The van der Waals surface area contributed by atoms with Gasteiger partial charge in [0.2, 0.25) is 21.8 Å². The van der Waals surface area contributed by atoms with Crippen molar-refractivity contribution in [3.8, 4) is 11.8 Å². The number of aromatic amines is 1. The molecular formula is C24H35N3O6S. The number of benzene rings is 1. The van der Waals surface area contributed by atoms with E-state index in [1.807, 2.05) is 6.92 Å². The zero-order valence-corrected chi connectivity index (χ0v) is 20.9. The number of carbonyl (C=O) groups is 2. The van der Waals surface area contributed by atoms with Gasteiger partial charge in [0, 0.05) is 12.0 Å². The fourth-order valence-electron chi connectivity index (χ4n) is 3.70. The number of unbranched alkanes of at least 4 members (excludes halogenated alkanes) is 2. The van der Waals surface area contributed by atoms with E-state index in [1.54, 1.807) is 44.2 Å². The average Bonchev–Trinajstić information content (AvgIpc) is 3.02. The Kier molecular flexibility index (Phi) is 9.69. The Morgan fingerprint density at radius 1 is 1.06 bits per heavy atom. The summed E-state index contributed by atoms with van der Waals surface area (Å²) >= 11 is 0. The third-order valence-electron chi connectivity index (χ3n) is 5.65. The summed E-state index contributed by atoms with van der Waals surface area (Å²) in [5, 5.41) is 22.5. The van der Waals surface area contributed by atoms with Gasteiger partial charge in [-0.1, -0.05) is 63.9 Å². The summed E-state index contributed by atoms with van der Waals surface area (Å²) < 4.78 is 27.9. The van der Waals surface area contributed by atoms with E-state index >= 15 is 0 Å². The highest BCUT2D eigenvalue weighted by atomic mass is 32.2. The van der Waals surface area contributed by atoms with Crippen LogP contribution >= 0.6 is 0 Å². The van der Waals surface area contributed by atoms with Gasteiger partial charge in [-0.2, -0.15) is 0 Å². The topological polar surface area (TPSA) is 149 Å². The predicted molar refractivity (Wildman–Crippen MR) is 130 cm³/mol. The van der Waals surface area contributed by atoms with Gasteiger partial charge in [0.15, 0.2) is 11.7 Å². The molecule has 5 N–H and O–H groups in total. The maximum absolute atomic E-state index is 13.1. The molecule has 9 nitrogen and oxygen atoms in total. The van der Waals surface area contributed by atoms with Crippen LogP contribution in [0.25, 0.3) is 0 Å². The fraction of sp³-hybridized carbons (Fsp3) is 0.500. The van der Waals surface area contributed by atoms with Gasteiger partial charge in [0.25, 0.3) is 0 Å². The summed E-state index contributed by atoms with van der Waals surface area (Å²) in [6.45, 7) is 6.95. The largest absolute Gasteiger partial charge is 0.494 e. The SMILES string of the molecule is CCCCCS(=O)(=O)N[C@@H](CC(=O)N[C@H](C(=O)c1c(O)[nH]c(O)c1C)C(C)C)c1ccccc1. The van der Waals surface area contributed by atoms with Crippen molar-refractivity contribution in [2.75, 3.05) is 5.75 Å². The number of H-pyrrole nitrogens is 1. The highest BCUT2D eigenvalue weighted by Gasteiger charge is 2.32. The minimum atomic E-state index is -3.62. The average molecular weight is 494 g/mol. The third-order valence-corrected chi connectivity index (χ3v) is 7.12. The minimum Gasteiger partial charge on any atom is -0.494 e. The number of rotatable bonds is 13. The molecule has 0 saturated carbocycles. The molecule has 34 heavy (non-hydrogen) atoms. The van der Waals surface area contributed by atoms with E-state index in [2.05, 4.69) is 15.0 Å². The molecule has 1 aromatic heterocycles. The number of ketones is 1. The Morgan fingerprint density at radius 2 is 1.71 bits per heavy atom. The monoisotopic (exact) mass is 493 g/mol. The van der Waals surface area contributed by atoms with E-state index < -0.39 is 39.7 Å². The molecule has 0 aliphatic rings. The van der Waals surface area contributed by atoms with Crippen LogP contribution in [0.3, 0.4) is 0 Å². The number of hydrogen-bond acceptors (Lipinski definition) is 6. The Balaban J connectivity index is 2.22. The molecule has 0 aliphatic carbocycles. The fourth-order valence-corrected chi connectivity index (χ4v) is 5.06. The van der Waals surface area contributed by atoms with Crippen LogP contribution < -0.4 is 10.0 Å². The Hall–Kier alpha value is -2.85. The van der Waals surface area contributed by atoms with Gasteiger partial charge in [-0.25, -0.2) is 13.1 Å². The first kappa shape index (κ1) is 27.4. The lowest BCUT2D eigenvalue weighted by molar-refractivity contribution is -0.122. The molecule has 1 heterocycles. The van der Waals surface area contributed by atoms with Crippen LogP contribution in [0.2, 0.25) is 0 Å². The van der Waals surface area contributed by atoms with Gasteiger partial charge in [0.1, 0.15) is 0 Å². The van der Waals surface area contributed by atoms with E-state index in [4.69, 9.17) is 0 Å². The van der Waals surface area contributed by atoms with Crippen molar-refractivity contribution in [1.29, 1.82) is 0 Å². The van der Waals surface area contributed by atoms with E-state index in [0.717, 1.165) is 12.8 Å². The molecule has 0 unspecified atom stereocenters. The summed E-state index contributed by atoms with van der Waals surface area (Å²) in [4.78, 5) is 28.4. The highest BCUT2D eigenvalue weighted by molar-refractivity contribution is 7.89. The zero-order chi connectivity index (χ0) is 25.5. The summed E-state index contributed by atoms with van der Waals surface area (Å²) in [6, 6.07) is 7.01. The molecule has 0 bridgehead atoms. The van der Waals surface area contributed by atoms with Gasteiger partial charge >= 0.3 is 0 Å². The van der Waals surface area contributed by atoms with E-state index in [1.165, 1.54) is 6.92 Å². The van der Waals surface area contributed by atoms with Crippen LogP contribution in [0.4, 0.5) is 0 Å². The van der Waals surface area contributed by atoms with E-state index in [0.29, 0.717) is 12.0 Å². The Morgan fingerprint density at radius 3 is 2.24 bits per heavy atom. The number of aromatic hydroxyl groups is 2. The normalized spacial score (nSPS) is 13.6. The van der Waals surface area contributed by atoms with Gasteiger partial charge in [-0.3, -0.25) is 14.6 Å². The van der Waals surface area contributed by atoms with Crippen molar-refractivity contribution in [3.63, 3.8) is 0 Å². The zero-order valence-electron chi connectivity index (χ0n) is 20.1. The van der Waals surface area contributed by atoms with Gasteiger partial charge in [-0.05, 0) is 24.8 Å². The minimum absolute atomic E-state index is 0.0333. The molecule has 2 aromatic rings. The molecule has 10 heteroatoms. The summed E-state index contributed by atoms with van der Waals surface area (Å²) in [5.41, 5.74) is 0.727. The van der Waals surface area contributed by atoms with Gasteiger partial charge in [-0.15, -0.1) is 0 Å². The van der Waals surface area contributed by atoms with Crippen molar-refractivity contribution in [2.24, 2.45) is 5.92 Å². The first-order valence-corrected chi connectivity index (χ1v) is 13.1. The smallest absolute Gasteiger partial charge is 0.222 e. The van der Waals surface area contributed by atoms with Crippen LogP contribution in [0, 0.1) is 12.8 Å². The van der Waals surface area contributed by atoms with Gasteiger partial charge < -0.3 is 15.5 Å². The second-order valence-corrected chi connectivity index (χ2v) is 10.7. The van der Waals surface area contributed by atoms with Crippen molar-refractivity contribution in [3.05, 3.63) is 47.0 Å². The van der Waals surface area contributed by atoms with Crippen LogP contribution in [-0.4, -0.2) is 47.1 Å². The second-order valence-electron chi connectivity index (χ2n) is 8.79. The quantitative estimate of drug-likeness (QED) is 0.214. The predicted octanol–water partition coefficient (Wildman–Crippen LogP) is 3.30. The molecule has 0 aliphatic heterocycles. The number of amides is 1. The molecule has 1 aromatic carbocycles. The van der Waals surface area contributed by atoms with Crippen LogP contribution in [0.1, 0.15) is 74.0 Å². The molecule has 2 atom stereocenters. The molecule has 0 radical (unpaired) electrons. The van der Waals surface area contributed by atoms with E-state index in [-0.39, 0.29) is 35.1 Å². The molecule has 2 rings (SSSR count). The van der Waals surface area contributed by atoms with E-state index in [9.17, 15) is 28.2 Å². The number of carbonyl (C=O) groups excluding carboxylic acids is 2. The number of aromatic nitrogens is 1. The summed E-state index contributed by atoms with van der Waals surface area (Å²) in [5.74, 6) is -2.22. The number of Topliss-reactive ketones (excluding diaryl/α,β-unsaturated/α-hetero) is 1. The maximum atomic E-state index is 13.1.